The maximum Gasteiger partial charge on any atom is 0.254 e. The fourth-order valence-corrected chi connectivity index (χ4v) is 1.74. The molecule has 0 aliphatic rings. The zero-order valence-electron chi connectivity index (χ0n) is 11.7. The minimum absolute atomic E-state index is 0.0760. The summed E-state index contributed by atoms with van der Waals surface area (Å²) in [6.07, 6.45) is 0. The topological polar surface area (TPSA) is 75.4 Å². The molecule has 104 valence electrons. The number of nitrogens with one attached hydrogen (secondary N) is 1. The molecule has 3 N–H and O–H groups in total. The highest BCUT2D eigenvalue weighted by atomic mass is 16.2. The van der Waals surface area contributed by atoms with Gasteiger partial charge in [-0.1, -0.05) is 0 Å². The standard InChI is InChI=1S/C14H21N3O2/c1-4-16-13(18)9-17(5-2)14(19)11-6-7-12(15)10(3)8-11/h6-8H,4-5,9,15H2,1-3H3,(H,16,18). The number of anilines is 1. The highest BCUT2D eigenvalue weighted by Gasteiger charge is 2.17. The van der Waals surface area contributed by atoms with Crippen LogP contribution in [-0.4, -0.2) is 36.3 Å². The summed E-state index contributed by atoms with van der Waals surface area (Å²) in [5.74, 6) is -0.304. The molecule has 0 heterocycles. The summed E-state index contributed by atoms with van der Waals surface area (Å²) in [5, 5.41) is 2.68. The summed E-state index contributed by atoms with van der Waals surface area (Å²) in [7, 11) is 0. The fourth-order valence-electron chi connectivity index (χ4n) is 1.74. The molecule has 19 heavy (non-hydrogen) atoms. The SMILES string of the molecule is CCNC(=O)CN(CC)C(=O)c1ccc(N)c(C)c1. The van der Waals surface area contributed by atoms with Gasteiger partial charge in [0.2, 0.25) is 5.91 Å². The molecule has 0 radical (unpaired) electrons. The van der Waals surface area contributed by atoms with E-state index >= 15 is 0 Å². The zero-order chi connectivity index (χ0) is 14.4. The van der Waals surface area contributed by atoms with Crippen molar-refractivity contribution < 1.29 is 9.59 Å². The fraction of sp³-hybridized carbons (Fsp3) is 0.429. The van der Waals surface area contributed by atoms with E-state index in [9.17, 15) is 9.59 Å². The van der Waals surface area contributed by atoms with E-state index in [1.54, 1.807) is 18.2 Å². The van der Waals surface area contributed by atoms with Crippen LogP contribution in [0.2, 0.25) is 0 Å². The summed E-state index contributed by atoms with van der Waals surface area (Å²) in [5.41, 5.74) is 7.80. The van der Waals surface area contributed by atoms with Crippen LogP contribution in [0.4, 0.5) is 5.69 Å². The van der Waals surface area contributed by atoms with E-state index in [1.807, 2.05) is 20.8 Å². The van der Waals surface area contributed by atoms with Crippen LogP contribution >= 0.6 is 0 Å². The van der Waals surface area contributed by atoms with Gasteiger partial charge in [0.25, 0.3) is 5.91 Å². The normalized spacial score (nSPS) is 10.1. The average molecular weight is 263 g/mol. The van der Waals surface area contributed by atoms with Crippen LogP contribution < -0.4 is 11.1 Å². The molecule has 2 amide bonds. The predicted octanol–water partition coefficient (Wildman–Crippen LogP) is 1.18. The Kier molecular flexibility index (Phi) is 5.36. The van der Waals surface area contributed by atoms with Gasteiger partial charge < -0.3 is 16.0 Å². The van der Waals surface area contributed by atoms with Crippen molar-refractivity contribution in [2.24, 2.45) is 0 Å². The molecule has 5 heteroatoms. The van der Waals surface area contributed by atoms with Crippen molar-refractivity contribution in [3.8, 4) is 0 Å². The Morgan fingerprint density at radius 3 is 2.53 bits per heavy atom. The number of rotatable bonds is 5. The summed E-state index contributed by atoms with van der Waals surface area (Å²) < 4.78 is 0. The van der Waals surface area contributed by atoms with E-state index in [4.69, 9.17) is 5.73 Å². The number of likely N-dealkylation sites (N-methyl/N-ethyl adjacent to an activating group) is 2. The molecule has 1 aromatic rings. The van der Waals surface area contributed by atoms with Crippen LogP contribution in [0.15, 0.2) is 18.2 Å². The Labute approximate surface area is 113 Å². The smallest absolute Gasteiger partial charge is 0.254 e. The molecular weight excluding hydrogens is 242 g/mol. The lowest BCUT2D eigenvalue weighted by Gasteiger charge is -2.20. The quantitative estimate of drug-likeness (QED) is 0.783. The van der Waals surface area contributed by atoms with Crippen molar-refractivity contribution in [1.82, 2.24) is 10.2 Å². The number of aryl methyl sites for hydroxylation is 1. The molecule has 0 bridgehead atoms. The Hall–Kier alpha value is -2.04. The second-order valence-corrected chi connectivity index (χ2v) is 4.34. The van der Waals surface area contributed by atoms with Gasteiger partial charge in [0.1, 0.15) is 0 Å². The maximum atomic E-state index is 12.3. The third kappa shape index (κ3) is 3.98. The first kappa shape index (κ1) is 15.0. The second kappa shape index (κ2) is 6.78. The monoisotopic (exact) mass is 263 g/mol. The highest BCUT2D eigenvalue weighted by Crippen LogP contribution is 2.14. The van der Waals surface area contributed by atoms with Gasteiger partial charge in [0.05, 0.1) is 6.54 Å². The molecular formula is C14H21N3O2. The maximum absolute atomic E-state index is 12.3. The summed E-state index contributed by atoms with van der Waals surface area (Å²) in [6.45, 7) is 6.67. The van der Waals surface area contributed by atoms with E-state index in [1.165, 1.54) is 4.90 Å². The molecule has 0 spiro atoms. The van der Waals surface area contributed by atoms with Crippen LogP contribution in [0, 0.1) is 6.92 Å². The van der Waals surface area contributed by atoms with E-state index in [0.717, 1.165) is 5.56 Å². The lowest BCUT2D eigenvalue weighted by molar-refractivity contribution is -0.121. The average Bonchev–Trinajstić information content (AvgIpc) is 2.38. The number of carbonyl (C=O) groups excluding carboxylic acids is 2. The number of benzene rings is 1. The summed E-state index contributed by atoms with van der Waals surface area (Å²) in [6, 6.07) is 5.14. The van der Waals surface area contributed by atoms with Gasteiger partial charge in [0, 0.05) is 24.3 Å². The second-order valence-electron chi connectivity index (χ2n) is 4.34. The Bertz CT molecular complexity index is 472. The first-order valence-electron chi connectivity index (χ1n) is 6.41. The molecule has 0 saturated heterocycles. The lowest BCUT2D eigenvalue weighted by atomic mass is 10.1. The number of hydrogen-bond acceptors (Lipinski definition) is 3. The van der Waals surface area contributed by atoms with Crippen LogP contribution in [0.5, 0.6) is 0 Å². The first-order chi connectivity index (χ1) is 8.99. The van der Waals surface area contributed by atoms with Crippen molar-refractivity contribution in [1.29, 1.82) is 0 Å². The Morgan fingerprint density at radius 2 is 2.00 bits per heavy atom. The number of nitrogen functional groups attached to an aromatic ring is 1. The first-order valence-corrected chi connectivity index (χ1v) is 6.41. The van der Waals surface area contributed by atoms with Gasteiger partial charge in [0.15, 0.2) is 0 Å². The van der Waals surface area contributed by atoms with Crippen LogP contribution in [0.25, 0.3) is 0 Å². The van der Waals surface area contributed by atoms with Gasteiger partial charge in [-0.3, -0.25) is 9.59 Å². The number of nitrogens with zero attached hydrogens (tertiary/aromatic N) is 1. The largest absolute Gasteiger partial charge is 0.399 e. The molecule has 0 aromatic heterocycles. The summed E-state index contributed by atoms with van der Waals surface area (Å²) >= 11 is 0. The minimum Gasteiger partial charge on any atom is -0.399 e. The highest BCUT2D eigenvalue weighted by molar-refractivity contribution is 5.97. The summed E-state index contributed by atoms with van der Waals surface area (Å²) in [4.78, 5) is 25.3. The Morgan fingerprint density at radius 1 is 1.32 bits per heavy atom. The van der Waals surface area contributed by atoms with Gasteiger partial charge >= 0.3 is 0 Å². The molecule has 1 rings (SSSR count). The number of carbonyl (C=O) groups is 2. The van der Waals surface area contributed by atoms with E-state index in [2.05, 4.69) is 5.32 Å². The van der Waals surface area contributed by atoms with Crippen LogP contribution in [0.3, 0.4) is 0 Å². The van der Waals surface area contributed by atoms with Gasteiger partial charge in [-0.05, 0) is 44.5 Å². The molecule has 1 aromatic carbocycles. The lowest BCUT2D eigenvalue weighted by Crippen LogP contribution is -2.40. The van der Waals surface area contributed by atoms with Crippen molar-refractivity contribution in [3.63, 3.8) is 0 Å². The molecule has 0 atom stereocenters. The molecule has 0 aliphatic heterocycles. The third-order valence-corrected chi connectivity index (χ3v) is 2.89. The molecule has 5 nitrogen and oxygen atoms in total. The molecule has 0 saturated carbocycles. The minimum atomic E-state index is -0.156. The van der Waals surface area contributed by atoms with Crippen molar-refractivity contribution >= 4 is 17.5 Å². The number of hydrogen-bond donors (Lipinski definition) is 2. The third-order valence-electron chi connectivity index (χ3n) is 2.89. The van der Waals surface area contributed by atoms with Crippen LogP contribution in [-0.2, 0) is 4.79 Å². The van der Waals surface area contributed by atoms with Crippen molar-refractivity contribution in [3.05, 3.63) is 29.3 Å². The molecule has 0 unspecified atom stereocenters. The zero-order valence-corrected chi connectivity index (χ0v) is 11.7. The van der Waals surface area contributed by atoms with Crippen molar-refractivity contribution in [2.45, 2.75) is 20.8 Å². The van der Waals surface area contributed by atoms with Gasteiger partial charge in [-0.15, -0.1) is 0 Å². The van der Waals surface area contributed by atoms with Gasteiger partial charge in [-0.2, -0.15) is 0 Å². The van der Waals surface area contributed by atoms with E-state index in [0.29, 0.717) is 24.3 Å². The number of nitrogens with two attached hydrogens (primary N) is 1. The van der Waals surface area contributed by atoms with Gasteiger partial charge in [-0.25, -0.2) is 0 Å². The van der Waals surface area contributed by atoms with E-state index in [-0.39, 0.29) is 18.4 Å². The Balaban J connectivity index is 2.83. The predicted molar refractivity (Wildman–Crippen MR) is 75.9 cm³/mol. The van der Waals surface area contributed by atoms with Crippen LogP contribution in [0.1, 0.15) is 29.8 Å². The molecule has 0 fully saturated rings. The number of amides is 2. The van der Waals surface area contributed by atoms with E-state index < -0.39 is 0 Å². The molecule has 0 aliphatic carbocycles. The van der Waals surface area contributed by atoms with Crippen molar-refractivity contribution in [2.75, 3.05) is 25.4 Å².